The predicted octanol–water partition coefficient (Wildman–Crippen LogP) is 2.87. The third kappa shape index (κ3) is 4.36. The van der Waals surface area contributed by atoms with Crippen molar-refractivity contribution < 1.29 is 12.8 Å². The molecule has 0 aliphatic carbocycles. The molecule has 9 heteroatoms. The molecule has 1 atom stereocenters. The number of hydrogen-bond donors (Lipinski definition) is 0. The van der Waals surface area contributed by atoms with Crippen molar-refractivity contribution in [2.24, 2.45) is 0 Å². The lowest BCUT2D eigenvalue weighted by molar-refractivity contribution is 0.164. The predicted molar refractivity (Wildman–Crippen MR) is 106 cm³/mol. The quantitative estimate of drug-likeness (QED) is 0.519. The van der Waals surface area contributed by atoms with E-state index in [0.717, 1.165) is 5.56 Å². The maximum absolute atomic E-state index is 13.3. The molecule has 0 unspecified atom stereocenters. The third-order valence-electron chi connectivity index (χ3n) is 4.78. The highest BCUT2D eigenvalue weighted by molar-refractivity contribution is 7.91. The molecule has 1 aromatic carbocycles. The number of allylic oxidation sites excluding steroid dienone is 1. The molecule has 0 N–H and O–H groups in total. The van der Waals surface area contributed by atoms with Gasteiger partial charge in [0.25, 0.3) is 0 Å². The molecule has 3 rings (SSSR count). The molecule has 2 aromatic rings. The van der Waals surface area contributed by atoms with Gasteiger partial charge in [0.1, 0.15) is 5.82 Å². The van der Waals surface area contributed by atoms with Crippen molar-refractivity contribution in [3.63, 3.8) is 0 Å². The van der Waals surface area contributed by atoms with Gasteiger partial charge in [-0.25, -0.2) is 17.5 Å². The molecule has 2 heterocycles. The molecule has 1 saturated heterocycles. The molecule has 0 amide bonds. The summed E-state index contributed by atoms with van der Waals surface area (Å²) in [6.45, 7) is 7.36. The monoisotopic (exact) mass is 410 g/mol. The van der Waals surface area contributed by atoms with Crippen LogP contribution in [0.1, 0.15) is 13.3 Å². The Morgan fingerprint density at radius 2 is 2.11 bits per heavy atom. The van der Waals surface area contributed by atoms with Crippen LogP contribution in [0.15, 0.2) is 36.9 Å². The molecule has 0 bridgehead atoms. The number of nitrogens with zero attached hydrogens (tertiary/aromatic N) is 4. The minimum Gasteiger partial charge on any atom is -0.296 e. The van der Waals surface area contributed by atoms with E-state index in [9.17, 15) is 12.8 Å². The molecule has 0 spiro atoms. The van der Waals surface area contributed by atoms with Crippen LogP contribution in [-0.4, -0.2) is 51.8 Å². The van der Waals surface area contributed by atoms with Crippen LogP contribution in [0.3, 0.4) is 0 Å². The van der Waals surface area contributed by atoms with Gasteiger partial charge in [0.2, 0.25) is 0 Å². The standard InChI is InChI=1S/C18H23FN4O2S2/c1-3-10-22-17(14-5-7-15(19)8-6-14)20-23(18(22)26)13-21(4-2)16-9-11-27(24,25)12-16/h3,5-8,16H,1,4,9-13H2,2H3/t16-/m0/s1. The molecule has 1 aliphatic heterocycles. The Morgan fingerprint density at radius 3 is 2.67 bits per heavy atom. The summed E-state index contributed by atoms with van der Waals surface area (Å²) >= 11 is 5.59. The average Bonchev–Trinajstić information content (AvgIpc) is 3.14. The molecule has 1 fully saturated rings. The number of hydrogen-bond acceptors (Lipinski definition) is 5. The van der Waals surface area contributed by atoms with Crippen LogP contribution in [0.5, 0.6) is 0 Å². The fourth-order valence-electron chi connectivity index (χ4n) is 3.35. The summed E-state index contributed by atoms with van der Waals surface area (Å²) in [5.41, 5.74) is 0.759. The van der Waals surface area contributed by atoms with E-state index in [1.807, 2.05) is 11.5 Å². The van der Waals surface area contributed by atoms with Gasteiger partial charge in [-0.1, -0.05) is 13.0 Å². The summed E-state index contributed by atoms with van der Waals surface area (Å²) in [6, 6.07) is 6.07. The van der Waals surface area contributed by atoms with Gasteiger partial charge in [-0.05, 0) is 49.4 Å². The van der Waals surface area contributed by atoms with Crippen molar-refractivity contribution in [1.29, 1.82) is 0 Å². The number of sulfone groups is 1. The number of benzene rings is 1. The van der Waals surface area contributed by atoms with Crippen LogP contribution in [-0.2, 0) is 23.1 Å². The van der Waals surface area contributed by atoms with Crippen molar-refractivity contribution in [1.82, 2.24) is 19.2 Å². The lowest BCUT2D eigenvalue weighted by Crippen LogP contribution is -2.37. The van der Waals surface area contributed by atoms with Crippen LogP contribution >= 0.6 is 12.2 Å². The van der Waals surface area contributed by atoms with Gasteiger partial charge in [0.05, 0.1) is 18.2 Å². The van der Waals surface area contributed by atoms with E-state index in [0.29, 0.717) is 36.8 Å². The topological polar surface area (TPSA) is 60.1 Å². The first-order valence-corrected chi connectivity index (χ1v) is 11.1. The zero-order valence-electron chi connectivity index (χ0n) is 15.2. The Kier molecular flexibility index (Phi) is 5.92. The Hall–Kier alpha value is -1.84. The molecule has 1 aromatic heterocycles. The first-order valence-electron chi connectivity index (χ1n) is 8.83. The van der Waals surface area contributed by atoms with E-state index in [2.05, 4.69) is 16.6 Å². The average molecular weight is 411 g/mol. The number of halogens is 1. The van der Waals surface area contributed by atoms with E-state index < -0.39 is 9.84 Å². The first kappa shape index (κ1) is 19.9. The molecule has 0 radical (unpaired) electrons. The summed E-state index contributed by atoms with van der Waals surface area (Å²) in [7, 11) is -2.96. The number of aromatic nitrogens is 3. The Labute approximate surface area is 163 Å². The molecule has 6 nitrogen and oxygen atoms in total. The van der Waals surface area contributed by atoms with Crippen LogP contribution in [0, 0.1) is 10.6 Å². The Bertz CT molecular complexity index is 980. The molecule has 0 saturated carbocycles. The second-order valence-corrected chi connectivity index (χ2v) is 9.21. The molecule has 146 valence electrons. The summed E-state index contributed by atoms with van der Waals surface area (Å²) in [4.78, 5) is 2.08. The van der Waals surface area contributed by atoms with Crippen molar-refractivity contribution >= 4 is 22.1 Å². The molecule has 1 aliphatic rings. The Morgan fingerprint density at radius 1 is 1.41 bits per heavy atom. The smallest absolute Gasteiger partial charge is 0.199 e. The van der Waals surface area contributed by atoms with E-state index in [1.165, 1.54) is 12.1 Å². The van der Waals surface area contributed by atoms with Crippen LogP contribution < -0.4 is 0 Å². The van der Waals surface area contributed by atoms with Gasteiger partial charge in [-0.3, -0.25) is 9.47 Å². The first-order chi connectivity index (χ1) is 12.8. The summed E-state index contributed by atoms with van der Waals surface area (Å²) in [5, 5.41) is 4.64. The molecular formula is C18H23FN4O2S2. The summed E-state index contributed by atoms with van der Waals surface area (Å²) in [5.74, 6) is 0.721. The van der Waals surface area contributed by atoms with Crippen LogP contribution in [0.2, 0.25) is 0 Å². The van der Waals surface area contributed by atoms with Crippen molar-refractivity contribution in [2.45, 2.75) is 32.6 Å². The third-order valence-corrected chi connectivity index (χ3v) is 6.96. The fraction of sp³-hybridized carbons (Fsp3) is 0.444. The van der Waals surface area contributed by atoms with Crippen LogP contribution in [0.4, 0.5) is 4.39 Å². The van der Waals surface area contributed by atoms with Gasteiger partial charge >= 0.3 is 0 Å². The minimum atomic E-state index is -2.96. The number of rotatable bonds is 7. The van der Waals surface area contributed by atoms with E-state index in [4.69, 9.17) is 12.2 Å². The molecular weight excluding hydrogens is 387 g/mol. The van der Waals surface area contributed by atoms with Gasteiger partial charge in [0.15, 0.2) is 20.4 Å². The second-order valence-electron chi connectivity index (χ2n) is 6.62. The zero-order chi connectivity index (χ0) is 19.6. The maximum atomic E-state index is 13.3. The highest BCUT2D eigenvalue weighted by Crippen LogP contribution is 2.21. The summed E-state index contributed by atoms with van der Waals surface area (Å²) < 4.78 is 41.0. The van der Waals surface area contributed by atoms with E-state index >= 15 is 0 Å². The lowest BCUT2D eigenvalue weighted by Gasteiger charge is -2.26. The van der Waals surface area contributed by atoms with Gasteiger partial charge < -0.3 is 0 Å². The second kappa shape index (κ2) is 8.04. The molecule has 27 heavy (non-hydrogen) atoms. The van der Waals surface area contributed by atoms with Crippen molar-refractivity contribution in [3.8, 4) is 11.4 Å². The highest BCUT2D eigenvalue weighted by Gasteiger charge is 2.32. The largest absolute Gasteiger partial charge is 0.296 e. The maximum Gasteiger partial charge on any atom is 0.199 e. The van der Waals surface area contributed by atoms with Crippen LogP contribution in [0.25, 0.3) is 11.4 Å². The van der Waals surface area contributed by atoms with Gasteiger partial charge in [-0.15, -0.1) is 6.58 Å². The van der Waals surface area contributed by atoms with E-state index in [1.54, 1.807) is 22.9 Å². The fourth-order valence-corrected chi connectivity index (χ4v) is 5.37. The minimum absolute atomic E-state index is 0.0271. The zero-order valence-corrected chi connectivity index (χ0v) is 16.8. The van der Waals surface area contributed by atoms with Crippen molar-refractivity contribution in [2.75, 3.05) is 18.1 Å². The highest BCUT2D eigenvalue weighted by atomic mass is 32.2. The summed E-state index contributed by atoms with van der Waals surface area (Å²) in [6.07, 6.45) is 2.36. The van der Waals surface area contributed by atoms with Gasteiger partial charge in [-0.2, -0.15) is 5.10 Å². The Balaban J connectivity index is 1.93. The normalized spacial score (nSPS) is 18.9. The van der Waals surface area contributed by atoms with Crippen molar-refractivity contribution in [3.05, 3.63) is 47.5 Å². The lowest BCUT2D eigenvalue weighted by atomic mass is 10.2. The van der Waals surface area contributed by atoms with E-state index in [-0.39, 0.29) is 23.4 Å². The van der Waals surface area contributed by atoms with Gasteiger partial charge in [0, 0.05) is 18.2 Å². The SMILES string of the molecule is C=CCn1c(-c2ccc(F)cc2)nn(CN(CC)[C@H]2CCS(=O)(=O)C2)c1=S.